The smallest absolute Gasteiger partial charge is 0.334 e. The van der Waals surface area contributed by atoms with E-state index in [0.29, 0.717) is 4.48 Å². The number of hydrogen-bond donors (Lipinski definition) is 0. The van der Waals surface area contributed by atoms with E-state index in [9.17, 15) is 4.79 Å². The van der Waals surface area contributed by atoms with Gasteiger partial charge in [0.2, 0.25) is 6.23 Å². The van der Waals surface area contributed by atoms with E-state index in [-0.39, 0.29) is 24.6 Å². The molecule has 0 aliphatic heterocycles. The minimum atomic E-state index is -0.352. The molecule has 0 saturated heterocycles. The summed E-state index contributed by atoms with van der Waals surface area (Å²) in [6.45, 7) is 5.34. The van der Waals surface area contributed by atoms with Gasteiger partial charge in [0, 0.05) is 12.5 Å². The predicted octanol–water partition coefficient (Wildman–Crippen LogP) is -1.84. The first-order chi connectivity index (χ1) is 5.41. The molecule has 0 amide bonds. The third kappa shape index (κ3) is 5.66. The van der Waals surface area contributed by atoms with Gasteiger partial charge in [0.25, 0.3) is 0 Å². The maximum Gasteiger partial charge on any atom is 0.334 e. The first-order valence-electron chi connectivity index (χ1n) is 4.06. The Kier molecular flexibility index (Phi) is 6.90. The highest BCUT2D eigenvalue weighted by Crippen LogP contribution is 2.08. The molecule has 0 bridgehead atoms. The van der Waals surface area contributed by atoms with E-state index < -0.39 is 0 Å². The molecule has 0 aliphatic rings. The molecule has 0 aliphatic carbocycles. The van der Waals surface area contributed by atoms with Crippen LogP contribution in [0.5, 0.6) is 0 Å². The quantitative estimate of drug-likeness (QED) is 0.235. The van der Waals surface area contributed by atoms with Crippen LogP contribution >= 0.6 is 0 Å². The summed E-state index contributed by atoms with van der Waals surface area (Å²) >= 11 is 0. The SMILES string of the molecule is C=CC(=O)OC(CC)[N+](C)(C)C.[Cl-]. The Bertz CT molecular complexity index is 175. The van der Waals surface area contributed by atoms with E-state index in [1.54, 1.807) is 0 Å². The van der Waals surface area contributed by atoms with Crippen LogP contribution < -0.4 is 12.4 Å². The zero-order valence-corrected chi connectivity index (χ0v) is 9.47. The highest BCUT2D eigenvalue weighted by Gasteiger charge is 2.24. The van der Waals surface area contributed by atoms with Crippen molar-refractivity contribution >= 4 is 5.97 Å². The molecule has 1 unspecified atom stereocenters. The second-order valence-corrected chi connectivity index (χ2v) is 3.62. The summed E-state index contributed by atoms with van der Waals surface area (Å²) in [4.78, 5) is 10.9. The molecule has 78 valence electrons. The van der Waals surface area contributed by atoms with Gasteiger partial charge in [-0.15, -0.1) is 0 Å². The van der Waals surface area contributed by atoms with Gasteiger partial charge in [0.15, 0.2) is 0 Å². The van der Waals surface area contributed by atoms with Gasteiger partial charge in [-0.25, -0.2) is 4.79 Å². The molecule has 0 aromatic carbocycles. The molecule has 0 saturated carbocycles. The Hall–Kier alpha value is -0.540. The second-order valence-electron chi connectivity index (χ2n) is 3.62. The number of quaternary nitrogens is 1. The minimum absolute atomic E-state index is 0. The molecule has 13 heavy (non-hydrogen) atoms. The summed E-state index contributed by atoms with van der Waals surface area (Å²) in [5.41, 5.74) is 0. The lowest BCUT2D eigenvalue weighted by Gasteiger charge is -2.32. The average Bonchev–Trinajstić information content (AvgIpc) is 1.97. The van der Waals surface area contributed by atoms with Crippen LogP contribution in [0.25, 0.3) is 0 Å². The normalized spacial score (nSPS) is 12.6. The van der Waals surface area contributed by atoms with Gasteiger partial charge in [-0.3, -0.25) is 4.48 Å². The number of carbonyl (C=O) groups is 1. The van der Waals surface area contributed by atoms with E-state index in [2.05, 4.69) is 6.58 Å². The lowest BCUT2D eigenvalue weighted by Crippen LogP contribution is -3.00. The van der Waals surface area contributed by atoms with E-state index in [4.69, 9.17) is 4.74 Å². The van der Waals surface area contributed by atoms with Crippen molar-refractivity contribution in [3.63, 3.8) is 0 Å². The molecular weight excluding hydrogens is 190 g/mol. The molecule has 0 radical (unpaired) electrons. The lowest BCUT2D eigenvalue weighted by atomic mass is 10.3. The monoisotopic (exact) mass is 207 g/mol. The molecule has 0 rings (SSSR count). The van der Waals surface area contributed by atoms with Gasteiger partial charge in [0.05, 0.1) is 21.1 Å². The van der Waals surface area contributed by atoms with Crippen molar-refractivity contribution in [2.24, 2.45) is 0 Å². The summed E-state index contributed by atoms with van der Waals surface area (Å²) < 4.78 is 5.75. The van der Waals surface area contributed by atoms with Crippen LogP contribution in [-0.2, 0) is 9.53 Å². The molecule has 0 aromatic rings. The van der Waals surface area contributed by atoms with Crippen LogP contribution in [0, 0.1) is 0 Å². The number of hydrogen-bond acceptors (Lipinski definition) is 2. The zero-order chi connectivity index (χ0) is 9.78. The number of esters is 1. The number of carbonyl (C=O) groups excluding carboxylic acids is 1. The molecule has 0 aromatic heterocycles. The highest BCUT2D eigenvalue weighted by molar-refractivity contribution is 5.81. The van der Waals surface area contributed by atoms with E-state index in [0.717, 1.165) is 6.42 Å². The van der Waals surface area contributed by atoms with Gasteiger partial charge in [-0.1, -0.05) is 13.5 Å². The molecule has 1 atom stereocenters. The van der Waals surface area contributed by atoms with Gasteiger partial charge >= 0.3 is 5.97 Å². The van der Waals surface area contributed by atoms with Crippen LogP contribution in [0.2, 0.25) is 0 Å². The fourth-order valence-corrected chi connectivity index (χ4v) is 0.971. The van der Waals surface area contributed by atoms with Gasteiger partial charge in [-0.05, 0) is 0 Å². The Morgan fingerprint density at radius 2 is 2.00 bits per heavy atom. The van der Waals surface area contributed by atoms with Crippen molar-refractivity contribution in [2.45, 2.75) is 19.6 Å². The zero-order valence-electron chi connectivity index (χ0n) is 8.71. The van der Waals surface area contributed by atoms with Crippen molar-refractivity contribution in [3.05, 3.63) is 12.7 Å². The third-order valence-corrected chi connectivity index (χ3v) is 1.63. The van der Waals surface area contributed by atoms with Crippen LogP contribution in [0.4, 0.5) is 0 Å². The van der Waals surface area contributed by atoms with E-state index >= 15 is 0 Å². The van der Waals surface area contributed by atoms with Crippen molar-refractivity contribution in [2.75, 3.05) is 21.1 Å². The van der Waals surface area contributed by atoms with E-state index in [1.807, 2.05) is 28.1 Å². The van der Waals surface area contributed by atoms with Crippen molar-refractivity contribution < 1.29 is 26.4 Å². The fourth-order valence-electron chi connectivity index (χ4n) is 0.971. The molecule has 0 spiro atoms. The fraction of sp³-hybridized carbons (Fsp3) is 0.667. The Balaban J connectivity index is 0. The van der Waals surface area contributed by atoms with E-state index in [1.165, 1.54) is 6.08 Å². The Morgan fingerprint density at radius 1 is 1.54 bits per heavy atom. The lowest BCUT2D eigenvalue weighted by molar-refractivity contribution is -0.916. The third-order valence-electron chi connectivity index (χ3n) is 1.63. The largest absolute Gasteiger partial charge is 1.00 e. The Morgan fingerprint density at radius 3 is 2.23 bits per heavy atom. The van der Waals surface area contributed by atoms with Crippen molar-refractivity contribution in [1.82, 2.24) is 0 Å². The van der Waals surface area contributed by atoms with Crippen LogP contribution in [-0.4, -0.2) is 37.8 Å². The van der Waals surface area contributed by atoms with Gasteiger partial charge < -0.3 is 17.1 Å². The first-order valence-corrected chi connectivity index (χ1v) is 4.06. The topological polar surface area (TPSA) is 26.3 Å². The first kappa shape index (κ1) is 15.0. The molecular formula is C9H18ClNO2. The number of rotatable bonds is 4. The number of nitrogens with zero attached hydrogens (tertiary/aromatic N) is 1. The average molecular weight is 208 g/mol. The molecule has 3 nitrogen and oxygen atoms in total. The molecule has 0 fully saturated rings. The summed E-state index contributed by atoms with van der Waals surface area (Å²) in [7, 11) is 5.97. The van der Waals surface area contributed by atoms with Crippen LogP contribution in [0.15, 0.2) is 12.7 Å². The summed E-state index contributed by atoms with van der Waals surface area (Å²) in [5.74, 6) is -0.352. The predicted molar refractivity (Wildman–Crippen MR) is 48.4 cm³/mol. The minimum Gasteiger partial charge on any atom is -1.00 e. The highest BCUT2D eigenvalue weighted by atomic mass is 35.5. The maximum absolute atomic E-state index is 10.9. The maximum atomic E-state index is 10.9. The Labute approximate surface area is 86.4 Å². The van der Waals surface area contributed by atoms with Crippen LogP contribution in [0.1, 0.15) is 13.3 Å². The summed E-state index contributed by atoms with van der Waals surface area (Å²) in [6, 6.07) is 0. The standard InChI is InChI=1S/C9H18NO2.ClH/c1-6-8(10(3,4)5)12-9(11)7-2;/h7-8H,2,6H2,1,3-5H3;1H/q+1;/p-1. The van der Waals surface area contributed by atoms with Gasteiger partial charge in [-0.2, -0.15) is 0 Å². The number of halogens is 1. The summed E-state index contributed by atoms with van der Waals surface area (Å²) in [5, 5.41) is 0. The second kappa shape index (κ2) is 6.00. The van der Waals surface area contributed by atoms with Crippen LogP contribution in [0.3, 0.4) is 0 Å². The molecule has 4 heteroatoms. The van der Waals surface area contributed by atoms with Crippen molar-refractivity contribution in [3.8, 4) is 0 Å². The summed E-state index contributed by atoms with van der Waals surface area (Å²) in [6.07, 6.45) is 1.91. The molecule has 0 N–H and O–H groups in total. The van der Waals surface area contributed by atoms with Crippen molar-refractivity contribution in [1.29, 1.82) is 0 Å². The van der Waals surface area contributed by atoms with Gasteiger partial charge in [0.1, 0.15) is 0 Å². The molecule has 0 heterocycles. The number of ether oxygens (including phenoxy) is 1.